The number of hydrogen-bond donors (Lipinski definition) is 2. The Morgan fingerprint density at radius 3 is 2.83 bits per heavy atom. The molecular formula is C10H11ClN2O4S. The molecule has 0 aromatic heterocycles. The number of halogens is 1. The molecule has 8 heteroatoms. The second-order valence-corrected chi connectivity index (χ2v) is 5.40. The molecule has 2 aliphatic heterocycles. The highest BCUT2D eigenvalue weighted by atomic mass is 35.5. The van der Waals surface area contributed by atoms with Crippen LogP contribution in [0.3, 0.4) is 0 Å². The Hall–Kier alpha value is -1.21. The van der Waals surface area contributed by atoms with Gasteiger partial charge in [-0.2, -0.15) is 0 Å². The van der Waals surface area contributed by atoms with Crippen molar-refractivity contribution in [3.63, 3.8) is 0 Å². The first kappa shape index (κ1) is 13.2. The number of aliphatic carboxylic acids is 1. The number of thioether (sulfide) groups is 1. The van der Waals surface area contributed by atoms with Crippen molar-refractivity contribution in [2.24, 2.45) is 0 Å². The molecule has 0 saturated carbocycles. The Bertz CT molecular complexity index is 442. The van der Waals surface area contributed by atoms with Crippen molar-refractivity contribution >= 4 is 41.1 Å². The zero-order chi connectivity index (χ0) is 13.4. The van der Waals surface area contributed by atoms with Crippen molar-refractivity contribution in [2.45, 2.75) is 17.5 Å². The van der Waals surface area contributed by atoms with E-state index in [9.17, 15) is 14.4 Å². The lowest BCUT2D eigenvalue weighted by Crippen LogP contribution is -2.74. The van der Waals surface area contributed by atoms with Crippen LogP contribution in [-0.2, 0) is 14.4 Å². The van der Waals surface area contributed by atoms with Gasteiger partial charge in [-0.25, -0.2) is 4.79 Å². The van der Waals surface area contributed by atoms with Crippen LogP contribution in [0.25, 0.3) is 0 Å². The molecule has 98 valence electrons. The predicted molar refractivity (Wildman–Crippen MR) is 66.3 cm³/mol. The number of nitrogens with zero attached hydrogens (tertiary/aromatic N) is 1. The van der Waals surface area contributed by atoms with E-state index in [1.165, 1.54) is 16.7 Å². The van der Waals surface area contributed by atoms with Gasteiger partial charge in [0.1, 0.15) is 17.3 Å². The zero-order valence-electron chi connectivity index (χ0n) is 9.26. The third-order valence-electron chi connectivity index (χ3n) is 2.86. The summed E-state index contributed by atoms with van der Waals surface area (Å²) < 4.78 is 0. The number of hydrogen-bond acceptors (Lipinski definition) is 4. The van der Waals surface area contributed by atoms with Crippen LogP contribution >= 0.6 is 23.4 Å². The van der Waals surface area contributed by atoms with Crippen LogP contribution in [0.1, 0.15) is 0 Å². The van der Waals surface area contributed by atoms with Crippen molar-refractivity contribution in [3.05, 3.63) is 12.2 Å². The van der Waals surface area contributed by atoms with Crippen LogP contribution in [0.5, 0.6) is 0 Å². The van der Waals surface area contributed by atoms with Crippen LogP contribution in [0.2, 0.25) is 0 Å². The second-order valence-electron chi connectivity index (χ2n) is 4.02. The molecule has 0 aromatic rings. The smallest absolute Gasteiger partial charge is 0.330 e. The second kappa shape index (κ2) is 4.81. The molecule has 0 aliphatic carbocycles. The minimum atomic E-state index is -1.10. The lowest BCUT2D eigenvalue weighted by Gasteiger charge is -2.52. The Morgan fingerprint density at radius 1 is 1.61 bits per heavy atom. The maximum Gasteiger partial charge on any atom is 0.330 e. The van der Waals surface area contributed by atoms with E-state index in [-0.39, 0.29) is 11.3 Å². The van der Waals surface area contributed by atoms with E-state index in [2.05, 4.69) is 11.9 Å². The molecule has 0 aromatic carbocycles. The summed E-state index contributed by atoms with van der Waals surface area (Å²) in [5.41, 5.74) is 0.485. The number of nitrogens with one attached hydrogen (secondary N) is 1. The number of β-lactam (4-membered cyclic amide) rings is 1. The Balaban J connectivity index is 2.13. The molecule has 3 atom stereocenters. The van der Waals surface area contributed by atoms with Crippen molar-refractivity contribution < 1.29 is 19.5 Å². The molecule has 2 unspecified atom stereocenters. The number of rotatable bonds is 3. The summed E-state index contributed by atoms with van der Waals surface area (Å²) in [5, 5.41) is 11.2. The molecule has 18 heavy (non-hydrogen) atoms. The first-order chi connectivity index (χ1) is 8.47. The highest BCUT2D eigenvalue weighted by Crippen LogP contribution is 2.39. The lowest BCUT2D eigenvalue weighted by atomic mass is 9.99. The summed E-state index contributed by atoms with van der Waals surface area (Å²) in [6.45, 7) is 3.67. The first-order valence-corrected chi connectivity index (χ1v) is 6.75. The predicted octanol–water partition coefficient (Wildman–Crippen LogP) is -0.366. The standard InChI is InChI=1S/C10H11ClN2O4S/c1-4-3-18-9-6(12-5(14)2-11)8(15)13(9)7(4)10(16)17/h6-7,9H,1-3H2,(H,12,14)(H,16,17)/t6?,7?,9-/m1/s1. The Morgan fingerprint density at radius 2 is 2.28 bits per heavy atom. The maximum absolute atomic E-state index is 11.9. The van der Waals surface area contributed by atoms with Crippen LogP contribution in [0.4, 0.5) is 0 Å². The Kier molecular flexibility index (Phi) is 3.54. The average Bonchev–Trinajstić information content (AvgIpc) is 2.34. The van der Waals surface area contributed by atoms with Gasteiger partial charge in [-0.05, 0) is 5.57 Å². The molecule has 2 fully saturated rings. The van der Waals surface area contributed by atoms with Gasteiger partial charge in [0.15, 0.2) is 6.04 Å². The van der Waals surface area contributed by atoms with Gasteiger partial charge in [0.2, 0.25) is 11.8 Å². The van der Waals surface area contributed by atoms with Crippen LogP contribution < -0.4 is 5.32 Å². The number of amides is 2. The minimum Gasteiger partial charge on any atom is -0.479 e. The normalized spacial score (nSPS) is 30.5. The molecule has 2 aliphatic rings. The first-order valence-electron chi connectivity index (χ1n) is 5.17. The van der Waals surface area contributed by atoms with Crippen molar-refractivity contribution in [1.29, 1.82) is 0 Å². The maximum atomic E-state index is 11.9. The molecule has 2 saturated heterocycles. The largest absolute Gasteiger partial charge is 0.479 e. The fourth-order valence-electron chi connectivity index (χ4n) is 2.04. The molecule has 0 bridgehead atoms. The van der Waals surface area contributed by atoms with E-state index in [4.69, 9.17) is 16.7 Å². The Labute approximate surface area is 112 Å². The van der Waals surface area contributed by atoms with Gasteiger partial charge in [-0.15, -0.1) is 23.4 Å². The zero-order valence-corrected chi connectivity index (χ0v) is 10.8. The van der Waals surface area contributed by atoms with E-state index in [0.29, 0.717) is 11.3 Å². The number of carboxylic acids is 1. The third-order valence-corrected chi connectivity index (χ3v) is 4.48. The number of carboxylic acid groups (broad SMARTS) is 1. The molecule has 2 heterocycles. The minimum absolute atomic E-state index is 0.226. The van der Waals surface area contributed by atoms with Crippen molar-refractivity contribution in [2.75, 3.05) is 11.6 Å². The third kappa shape index (κ3) is 1.97. The number of alkyl halides is 1. The highest BCUT2D eigenvalue weighted by Gasteiger charge is 2.56. The van der Waals surface area contributed by atoms with Gasteiger partial charge in [-0.3, -0.25) is 9.59 Å². The van der Waals surface area contributed by atoms with Crippen LogP contribution in [-0.4, -0.2) is 56.9 Å². The van der Waals surface area contributed by atoms with Gasteiger partial charge in [0.25, 0.3) is 0 Å². The van der Waals surface area contributed by atoms with Gasteiger partial charge in [0, 0.05) is 5.75 Å². The van der Waals surface area contributed by atoms with E-state index in [1.807, 2.05) is 0 Å². The fraction of sp³-hybridized carbons (Fsp3) is 0.500. The quantitative estimate of drug-likeness (QED) is 0.421. The number of carbonyl (C=O) groups excluding carboxylic acids is 2. The van der Waals surface area contributed by atoms with E-state index >= 15 is 0 Å². The average molecular weight is 291 g/mol. The van der Waals surface area contributed by atoms with Crippen LogP contribution in [0, 0.1) is 0 Å². The van der Waals surface area contributed by atoms with Gasteiger partial charge in [0.05, 0.1) is 0 Å². The number of carbonyl (C=O) groups is 3. The summed E-state index contributed by atoms with van der Waals surface area (Å²) in [5.74, 6) is -1.71. The topological polar surface area (TPSA) is 86.7 Å². The lowest BCUT2D eigenvalue weighted by molar-refractivity contribution is -0.160. The molecule has 0 radical (unpaired) electrons. The molecule has 0 spiro atoms. The van der Waals surface area contributed by atoms with Gasteiger partial charge >= 0.3 is 5.97 Å². The van der Waals surface area contributed by atoms with E-state index in [0.717, 1.165) is 0 Å². The van der Waals surface area contributed by atoms with E-state index in [1.54, 1.807) is 0 Å². The van der Waals surface area contributed by atoms with Crippen molar-refractivity contribution in [3.8, 4) is 0 Å². The van der Waals surface area contributed by atoms with Crippen LogP contribution in [0.15, 0.2) is 12.2 Å². The molecule has 2 amide bonds. The number of fused-ring (bicyclic) bond motifs is 1. The molecule has 2 rings (SSSR count). The summed E-state index contributed by atoms with van der Waals surface area (Å²) in [6, 6.07) is -1.68. The summed E-state index contributed by atoms with van der Waals surface area (Å²) in [6.07, 6.45) is 0. The molecular weight excluding hydrogens is 280 g/mol. The van der Waals surface area contributed by atoms with E-state index < -0.39 is 29.9 Å². The SMILES string of the molecule is C=C1CS[C@@H]2C(NC(=O)CCl)C(=O)N2C1C(=O)O. The molecule has 2 N–H and O–H groups in total. The van der Waals surface area contributed by atoms with Gasteiger partial charge in [-0.1, -0.05) is 6.58 Å². The summed E-state index contributed by atoms with van der Waals surface area (Å²) in [4.78, 5) is 35.4. The fourth-order valence-corrected chi connectivity index (χ4v) is 3.43. The van der Waals surface area contributed by atoms with Crippen molar-refractivity contribution in [1.82, 2.24) is 10.2 Å². The molecule has 6 nitrogen and oxygen atoms in total. The monoisotopic (exact) mass is 290 g/mol. The highest BCUT2D eigenvalue weighted by molar-refractivity contribution is 8.00. The van der Waals surface area contributed by atoms with Gasteiger partial charge < -0.3 is 15.3 Å². The summed E-state index contributed by atoms with van der Waals surface area (Å²) in [7, 11) is 0. The summed E-state index contributed by atoms with van der Waals surface area (Å²) >= 11 is 6.74.